The van der Waals surface area contributed by atoms with Gasteiger partial charge in [0, 0.05) is 13.1 Å². The minimum Gasteiger partial charge on any atom is -0.480 e. The fourth-order valence-corrected chi connectivity index (χ4v) is 3.41. The average Bonchev–Trinajstić information content (AvgIpc) is 2.39. The van der Waals surface area contributed by atoms with Gasteiger partial charge in [0.25, 0.3) is 0 Å². The molecule has 2 fully saturated rings. The van der Waals surface area contributed by atoms with Crippen LogP contribution in [0.3, 0.4) is 0 Å². The highest BCUT2D eigenvalue weighted by molar-refractivity contribution is 5.86. The van der Waals surface area contributed by atoms with E-state index in [1.165, 1.54) is 0 Å². The van der Waals surface area contributed by atoms with Gasteiger partial charge in [-0.2, -0.15) is 0 Å². The van der Waals surface area contributed by atoms with Gasteiger partial charge in [0.15, 0.2) is 0 Å². The Morgan fingerprint density at radius 3 is 2.35 bits per heavy atom. The number of nitrogens with one attached hydrogen (secondary N) is 1. The molecule has 1 heterocycles. The van der Waals surface area contributed by atoms with Crippen molar-refractivity contribution in [1.82, 2.24) is 10.2 Å². The average molecular weight is 282 g/mol. The highest BCUT2D eigenvalue weighted by Crippen LogP contribution is 2.33. The number of rotatable bonds is 2. The summed E-state index contributed by atoms with van der Waals surface area (Å²) in [4.78, 5) is 25.8. The lowest BCUT2D eigenvalue weighted by molar-refractivity contribution is -0.146. The van der Waals surface area contributed by atoms with Crippen molar-refractivity contribution in [2.24, 2.45) is 11.8 Å². The highest BCUT2D eigenvalue weighted by atomic mass is 16.4. The van der Waals surface area contributed by atoms with Gasteiger partial charge in [-0.05, 0) is 37.5 Å². The van der Waals surface area contributed by atoms with E-state index in [1.54, 1.807) is 4.90 Å². The van der Waals surface area contributed by atoms with E-state index in [0.29, 0.717) is 24.7 Å². The summed E-state index contributed by atoms with van der Waals surface area (Å²) in [6.45, 7) is 5.72. The van der Waals surface area contributed by atoms with E-state index >= 15 is 0 Å². The lowest BCUT2D eigenvalue weighted by atomic mass is 9.76. The van der Waals surface area contributed by atoms with Gasteiger partial charge in [0.05, 0.1) is 0 Å². The molecule has 20 heavy (non-hydrogen) atoms. The predicted octanol–water partition coefficient (Wildman–Crippen LogP) is 2.46. The number of urea groups is 1. The van der Waals surface area contributed by atoms with Gasteiger partial charge in [-0.15, -0.1) is 0 Å². The molecule has 1 aliphatic heterocycles. The number of carboxylic acid groups (broad SMARTS) is 1. The Balaban J connectivity index is 2.01. The van der Waals surface area contributed by atoms with Crippen LogP contribution in [0, 0.1) is 11.8 Å². The lowest BCUT2D eigenvalue weighted by Crippen LogP contribution is -2.60. The van der Waals surface area contributed by atoms with Crippen LogP contribution < -0.4 is 5.32 Å². The van der Waals surface area contributed by atoms with Crippen LogP contribution in [0.15, 0.2) is 0 Å². The Bertz CT molecular complexity index is 377. The van der Waals surface area contributed by atoms with Gasteiger partial charge in [0.2, 0.25) is 0 Å². The number of carbonyl (C=O) groups is 2. The Hall–Kier alpha value is -1.26. The van der Waals surface area contributed by atoms with Crippen molar-refractivity contribution < 1.29 is 14.7 Å². The second-order valence-corrected chi connectivity index (χ2v) is 6.69. The maximum atomic E-state index is 12.3. The standard InChI is InChI=1S/C15H26N2O3/c1-11-5-8-17(9-6-11)14(20)16-15(13(18)19)7-3-4-12(2)10-15/h11-12H,3-10H2,1-2H3,(H,16,20)(H,18,19). The first kappa shape index (κ1) is 15.1. The molecule has 0 bridgehead atoms. The molecular formula is C15H26N2O3. The van der Waals surface area contributed by atoms with E-state index in [2.05, 4.69) is 19.2 Å². The molecule has 114 valence electrons. The Morgan fingerprint density at radius 1 is 1.15 bits per heavy atom. The van der Waals surface area contributed by atoms with Gasteiger partial charge in [0.1, 0.15) is 5.54 Å². The zero-order valence-electron chi connectivity index (χ0n) is 12.5. The van der Waals surface area contributed by atoms with Crippen LogP contribution in [0.25, 0.3) is 0 Å². The van der Waals surface area contributed by atoms with E-state index in [9.17, 15) is 14.7 Å². The highest BCUT2D eigenvalue weighted by Gasteiger charge is 2.44. The number of aliphatic carboxylic acids is 1. The van der Waals surface area contributed by atoms with Crippen molar-refractivity contribution in [3.8, 4) is 0 Å². The second-order valence-electron chi connectivity index (χ2n) is 6.69. The molecule has 2 atom stereocenters. The molecule has 0 radical (unpaired) electrons. The zero-order chi connectivity index (χ0) is 14.8. The van der Waals surface area contributed by atoms with E-state index in [0.717, 1.165) is 38.8 Å². The molecule has 0 spiro atoms. The van der Waals surface area contributed by atoms with Crippen molar-refractivity contribution in [3.63, 3.8) is 0 Å². The fraction of sp³-hybridized carbons (Fsp3) is 0.867. The number of carbonyl (C=O) groups excluding carboxylic acids is 1. The summed E-state index contributed by atoms with van der Waals surface area (Å²) in [6.07, 6.45) is 5.01. The lowest BCUT2D eigenvalue weighted by Gasteiger charge is -2.39. The van der Waals surface area contributed by atoms with Crippen molar-refractivity contribution in [1.29, 1.82) is 0 Å². The van der Waals surface area contributed by atoms with Crippen LogP contribution in [-0.2, 0) is 4.79 Å². The number of hydrogen-bond acceptors (Lipinski definition) is 2. The van der Waals surface area contributed by atoms with Crippen molar-refractivity contribution >= 4 is 12.0 Å². The number of carboxylic acids is 1. The maximum absolute atomic E-state index is 12.3. The maximum Gasteiger partial charge on any atom is 0.329 e. The van der Waals surface area contributed by atoms with Crippen LogP contribution >= 0.6 is 0 Å². The molecule has 2 N–H and O–H groups in total. The third-order valence-electron chi connectivity index (χ3n) is 4.82. The molecular weight excluding hydrogens is 256 g/mol. The van der Waals surface area contributed by atoms with Crippen LogP contribution in [0.4, 0.5) is 4.79 Å². The topological polar surface area (TPSA) is 69.6 Å². The first-order chi connectivity index (χ1) is 9.43. The van der Waals surface area contributed by atoms with Crippen LogP contribution in [0.5, 0.6) is 0 Å². The van der Waals surface area contributed by atoms with Gasteiger partial charge in [-0.3, -0.25) is 0 Å². The number of piperidine rings is 1. The van der Waals surface area contributed by atoms with Crippen LogP contribution in [-0.4, -0.2) is 40.6 Å². The molecule has 2 rings (SSSR count). The van der Waals surface area contributed by atoms with Gasteiger partial charge in [-0.1, -0.05) is 26.7 Å². The first-order valence-electron chi connectivity index (χ1n) is 7.73. The number of likely N-dealkylation sites (tertiary alicyclic amines) is 1. The smallest absolute Gasteiger partial charge is 0.329 e. The van der Waals surface area contributed by atoms with Crippen molar-refractivity contribution in [3.05, 3.63) is 0 Å². The molecule has 1 saturated carbocycles. The third-order valence-corrected chi connectivity index (χ3v) is 4.82. The molecule has 1 saturated heterocycles. The Labute approximate surface area is 120 Å². The second kappa shape index (κ2) is 6.02. The van der Waals surface area contributed by atoms with Gasteiger partial charge >= 0.3 is 12.0 Å². The third kappa shape index (κ3) is 3.25. The normalized spacial score (nSPS) is 31.9. The summed E-state index contributed by atoms with van der Waals surface area (Å²) in [7, 11) is 0. The number of amides is 2. The minimum absolute atomic E-state index is 0.201. The van der Waals surface area contributed by atoms with E-state index in [1.807, 2.05) is 0 Å². The van der Waals surface area contributed by atoms with Crippen molar-refractivity contribution in [2.75, 3.05) is 13.1 Å². The SMILES string of the molecule is CC1CCN(C(=O)NC2(C(=O)O)CCCC(C)C2)CC1. The number of nitrogens with zero attached hydrogens (tertiary/aromatic N) is 1. The van der Waals surface area contributed by atoms with Gasteiger partial charge < -0.3 is 15.3 Å². The molecule has 2 amide bonds. The summed E-state index contributed by atoms with van der Waals surface area (Å²) in [5, 5.41) is 12.4. The monoisotopic (exact) mass is 282 g/mol. The summed E-state index contributed by atoms with van der Waals surface area (Å²) >= 11 is 0. The molecule has 5 heteroatoms. The predicted molar refractivity (Wildman–Crippen MR) is 76.5 cm³/mol. The van der Waals surface area contributed by atoms with E-state index < -0.39 is 11.5 Å². The van der Waals surface area contributed by atoms with Gasteiger partial charge in [-0.25, -0.2) is 9.59 Å². The Kier molecular flexibility index (Phi) is 4.55. The summed E-state index contributed by atoms with van der Waals surface area (Å²) < 4.78 is 0. The number of hydrogen-bond donors (Lipinski definition) is 2. The quantitative estimate of drug-likeness (QED) is 0.817. The molecule has 1 aliphatic carbocycles. The fourth-order valence-electron chi connectivity index (χ4n) is 3.41. The molecule has 0 aromatic rings. The first-order valence-corrected chi connectivity index (χ1v) is 7.73. The summed E-state index contributed by atoms with van der Waals surface area (Å²) in [6, 6.07) is -0.201. The molecule has 0 aromatic carbocycles. The minimum atomic E-state index is -1.06. The largest absolute Gasteiger partial charge is 0.480 e. The Morgan fingerprint density at radius 2 is 1.80 bits per heavy atom. The van der Waals surface area contributed by atoms with Crippen molar-refractivity contribution in [2.45, 2.75) is 57.9 Å². The summed E-state index contributed by atoms with van der Waals surface area (Å²) in [5.41, 5.74) is -1.06. The molecule has 2 aliphatic rings. The molecule has 2 unspecified atom stereocenters. The van der Waals surface area contributed by atoms with E-state index in [4.69, 9.17) is 0 Å². The zero-order valence-corrected chi connectivity index (χ0v) is 12.5. The summed E-state index contributed by atoms with van der Waals surface area (Å²) in [5.74, 6) is 0.117. The molecule has 5 nitrogen and oxygen atoms in total. The molecule has 0 aromatic heterocycles. The van der Waals surface area contributed by atoms with E-state index in [-0.39, 0.29) is 6.03 Å². The van der Waals surface area contributed by atoms with Crippen LogP contribution in [0.1, 0.15) is 52.4 Å². The van der Waals surface area contributed by atoms with Crippen LogP contribution in [0.2, 0.25) is 0 Å².